The van der Waals surface area contributed by atoms with Crippen molar-refractivity contribution < 1.29 is 18.7 Å². The molecule has 0 aromatic heterocycles. The van der Waals surface area contributed by atoms with Crippen molar-refractivity contribution in [2.24, 2.45) is 10.7 Å². The monoisotopic (exact) mass is 402 g/mol. The standard InChI is InChI=1S/C21H27FN4O3/c1-3-24-21(25-12-15(2)29-18-9-7-17(22)8-10-18)26-13-16-5-4-6-19(11-16)28-14-20(23)27/h4-11,15H,3,12-14H2,1-2H3,(H2,23,27)(H2,24,25,26). The summed E-state index contributed by atoms with van der Waals surface area (Å²) >= 11 is 0. The van der Waals surface area contributed by atoms with Crippen LogP contribution in [-0.4, -0.2) is 37.7 Å². The van der Waals surface area contributed by atoms with E-state index in [0.717, 1.165) is 5.56 Å². The van der Waals surface area contributed by atoms with Crippen molar-refractivity contribution in [3.8, 4) is 11.5 Å². The number of nitrogens with one attached hydrogen (secondary N) is 2. The van der Waals surface area contributed by atoms with E-state index in [4.69, 9.17) is 15.2 Å². The van der Waals surface area contributed by atoms with Gasteiger partial charge in [0.05, 0.1) is 13.1 Å². The quantitative estimate of drug-likeness (QED) is 0.418. The molecule has 2 rings (SSSR count). The Hall–Kier alpha value is -3.29. The molecular formula is C21H27FN4O3. The number of nitrogens with two attached hydrogens (primary N) is 1. The number of amides is 1. The number of rotatable bonds is 10. The van der Waals surface area contributed by atoms with E-state index in [0.29, 0.717) is 37.1 Å². The van der Waals surface area contributed by atoms with Crippen molar-refractivity contribution in [2.45, 2.75) is 26.5 Å². The number of aliphatic imine (C=N–C) groups is 1. The van der Waals surface area contributed by atoms with E-state index >= 15 is 0 Å². The first-order valence-corrected chi connectivity index (χ1v) is 9.40. The van der Waals surface area contributed by atoms with Gasteiger partial charge in [0.25, 0.3) is 5.91 Å². The second-order valence-corrected chi connectivity index (χ2v) is 6.36. The number of carbonyl (C=O) groups excluding carboxylic acids is 1. The summed E-state index contributed by atoms with van der Waals surface area (Å²) in [5.74, 6) is 0.995. The van der Waals surface area contributed by atoms with Crippen LogP contribution in [0.25, 0.3) is 0 Å². The third-order valence-electron chi connectivity index (χ3n) is 3.75. The second kappa shape index (κ2) is 11.5. The molecule has 2 aromatic carbocycles. The molecule has 2 aromatic rings. The Morgan fingerprint density at radius 1 is 1.17 bits per heavy atom. The highest BCUT2D eigenvalue weighted by Gasteiger charge is 2.06. The number of nitrogens with zero attached hydrogens (tertiary/aromatic N) is 1. The van der Waals surface area contributed by atoms with E-state index in [9.17, 15) is 9.18 Å². The van der Waals surface area contributed by atoms with Crippen LogP contribution in [0.4, 0.5) is 4.39 Å². The Labute approximate surface area is 170 Å². The van der Waals surface area contributed by atoms with E-state index in [-0.39, 0.29) is 18.5 Å². The summed E-state index contributed by atoms with van der Waals surface area (Å²) in [6.45, 7) is 5.39. The Kier molecular flexibility index (Phi) is 8.75. The van der Waals surface area contributed by atoms with Crippen molar-refractivity contribution in [1.29, 1.82) is 0 Å². The van der Waals surface area contributed by atoms with Crippen LogP contribution in [0.3, 0.4) is 0 Å². The molecule has 0 aliphatic carbocycles. The lowest BCUT2D eigenvalue weighted by molar-refractivity contribution is -0.119. The van der Waals surface area contributed by atoms with Gasteiger partial charge in [-0.1, -0.05) is 12.1 Å². The number of halogens is 1. The molecule has 156 valence electrons. The summed E-state index contributed by atoms with van der Waals surface area (Å²) in [5.41, 5.74) is 6.02. The fraction of sp³-hybridized carbons (Fsp3) is 0.333. The predicted molar refractivity (Wildman–Crippen MR) is 110 cm³/mol. The molecule has 1 atom stereocenters. The van der Waals surface area contributed by atoms with Crippen molar-refractivity contribution in [3.05, 3.63) is 59.9 Å². The number of benzene rings is 2. The van der Waals surface area contributed by atoms with Crippen molar-refractivity contribution in [2.75, 3.05) is 19.7 Å². The third-order valence-corrected chi connectivity index (χ3v) is 3.75. The second-order valence-electron chi connectivity index (χ2n) is 6.36. The van der Waals surface area contributed by atoms with Gasteiger partial charge in [0.2, 0.25) is 0 Å². The van der Waals surface area contributed by atoms with Crippen molar-refractivity contribution in [1.82, 2.24) is 10.6 Å². The summed E-state index contributed by atoms with van der Waals surface area (Å²) < 4.78 is 24.0. The maximum Gasteiger partial charge on any atom is 0.255 e. The Balaban J connectivity index is 1.89. The van der Waals surface area contributed by atoms with Crippen LogP contribution in [-0.2, 0) is 11.3 Å². The zero-order valence-electron chi connectivity index (χ0n) is 16.7. The van der Waals surface area contributed by atoms with E-state index in [1.807, 2.05) is 32.0 Å². The van der Waals surface area contributed by atoms with Crippen LogP contribution in [0.5, 0.6) is 11.5 Å². The lowest BCUT2D eigenvalue weighted by Gasteiger charge is -2.17. The molecule has 0 saturated carbocycles. The SMILES string of the molecule is CCNC(=NCc1cccc(OCC(N)=O)c1)NCC(C)Oc1ccc(F)cc1. The molecular weight excluding hydrogens is 375 g/mol. The van der Waals surface area contributed by atoms with E-state index in [1.54, 1.807) is 18.2 Å². The van der Waals surface area contributed by atoms with Gasteiger partial charge in [0.15, 0.2) is 12.6 Å². The predicted octanol–water partition coefficient (Wildman–Crippen LogP) is 2.21. The molecule has 7 nitrogen and oxygen atoms in total. The molecule has 0 bridgehead atoms. The zero-order valence-corrected chi connectivity index (χ0v) is 16.7. The van der Waals surface area contributed by atoms with Gasteiger partial charge >= 0.3 is 0 Å². The number of primary amides is 1. The summed E-state index contributed by atoms with van der Waals surface area (Å²) in [4.78, 5) is 15.4. The molecule has 0 heterocycles. The first-order chi connectivity index (χ1) is 14.0. The van der Waals surface area contributed by atoms with Crippen LogP contribution in [0.15, 0.2) is 53.5 Å². The Morgan fingerprint density at radius 3 is 2.62 bits per heavy atom. The van der Waals surface area contributed by atoms with Gasteiger partial charge in [-0.05, 0) is 55.8 Å². The van der Waals surface area contributed by atoms with Gasteiger partial charge in [0.1, 0.15) is 23.4 Å². The average molecular weight is 402 g/mol. The third kappa shape index (κ3) is 8.50. The molecule has 0 aliphatic heterocycles. The smallest absolute Gasteiger partial charge is 0.255 e. The van der Waals surface area contributed by atoms with Gasteiger partial charge in [-0.3, -0.25) is 4.79 Å². The summed E-state index contributed by atoms with van der Waals surface area (Å²) in [5, 5.41) is 6.40. The highest BCUT2D eigenvalue weighted by atomic mass is 19.1. The summed E-state index contributed by atoms with van der Waals surface area (Å²) in [7, 11) is 0. The highest BCUT2D eigenvalue weighted by molar-refractivity contribution is 5.79. The number of guanidine groups is 1. The minimum atomic E-state index is -0.524. The fourth-order valence-corrected chi connectivity index (χ4v) is 2.43. The topological polar surface area (TPSA) is 98.0 Å². The number of ether oxygens (including phenoxy) is 2. The van der Waals surface area contributed by atoms with Crippen LogP contribution < -0.4 is 25.8 Å². The molecule has 8 heteroatoms. The molecule has 0 aliphatic rings. The molecule has 0 fully saturated rings. The lowest BCUT2D eigenvalue weighted by Crippen LogP contribution is -2.41. The normalized spacial score (nSPS) is 12.2. The van der Waals surface area contributed by atoms with Gasteiger partial charge in [-0.2, -0.15) is 0 Å². The molecule has 0 saturated heterocycles. The minimum absolute atomic E-state index is 0.144. The van der Waals surface area contributed by atoms with Crippen LogP contribution in [0.1, 0.15) is 19.4 Å². The molecule has 4 N–H and O–H groups in total. The molecule has 0 radical (unpaired) electrons. The van der Waals surface area contributed by atoms with Gasteiger partial charge < -0.3 is 25.8 Å². The zero-order chi connectivity index (χ0) is 21.1. The van der Waals surface area contributed by atoms with Gasteiger partial charge in [-0.25, -0.2) is 9.38 Å². The first kappa shape index (κ1) is 22.0. The summed E-state index contributed by atoms with van der Waals surface area (Å²) in [6, 6.07) is 13.2. The van der Waals surface area contributed by atoms with Crippen molar-refractivity contribution >= 4 is 11.9 Å². The van der Waals surface area contributed by atoms with E-state index in [2.05, 4.69) is 15.6 Å². The Morgan fingerprint density at radius 2 is 1.93 bits per heavy atom. The molecule has 0 spiro atoms. The number of hydrogen-bond acceptors (Lipinski definition) is 4. The number of hydrogen-bond donors (Lipinski definition) is 3. The maximum atomic E-state index is 13.0. The Bertz CT molecular complexity index is 812. The number of carbonyl (C=O) groups is 1. The van der Waals surface area contributed by atoms with E-state index < -0.39 is 5.91 Å². The molecule has 1 amide bonds. The fourth-order valence-electron chi connectivity index (χ4n) is 2.43. The summed E-state index contributed by atoms with van der Waals surface area (Å²) in [6.07, 6.45) is -0.144. The molecule has 1 unspecified atom stereocenters. The maximum absolute atomic E-state index is 13.0. The van der Waals surface area contributed by atoms with Crippen LogP contribution in [0, 0.1) is 5.82 Å². The largest absolute Gasteiger partial charge is 0.489 e. The van der Waals surface area contributed by atoms with Gasteiger partial charge in [0, 0.05) is 6.54 Å². The van der Waals surface area contributed by atoms with E-state index in [1.165, 1.54) is 12.1 Å². The lowest BCUT2D eigenvalue weighted by atomic mass is 10.2. The van der Waals surface area contributed by atoms with Gasteiger partial charge in [-0.15, -0.1) is 0 Å². The average Bonchev–Trinajstić information content (AvgIpc) is 2.70. The van der Waals surface area contributed by atoms with Crippen LogP contribution >= 0.6 is 0 Å². The first-order valence-electron chi connectivity index (χ1n) is 9.40. The molecule has 29 heavy (non-hydrogen) atoms. The van der Waals surface area contributed by atoms with Crippen molar-refractivity contribution in [3.63, 3.8) is 0 Å². The minimum Gasteiger partial charge on any atom is -0.489 e. The van der Waals surface area contributed by atoms with Crippen LogP contribution in [0.2, 0.25) is 0 Å². The highest BCUT2D eigenvalue weighted by Crippen LogP contribution is 2.14.